The van der Waals surface area contributed by atoms with Crippen molar-refractivity contribution < 1.29 is 14.3 Å². The molecule has 0 aliphatic carbocycles. The molecule has 1 aliphatic rings. The van der Waals surface area contributed by atoms with Gasteiger partial charge in [0.05, 0.1) is 13.2 Å². The Kier molecular flexibility index (Phi) is 5.09. The molecule has 0 radical (unpaired) electrons. The maximum absolute atomic E-state index is 12.7. The van der Waals surface area contributed by atoms with Gasteiger partial charge in [-0.15, -0.1) is 11.3 Å². The molecule has 1 aliphatic heterocycles. The standard InChI is InChI=1S/C19H23NO3S/c1-4-15-14-8-10-24-18(14)7-9-20(15)19(21)12-23-16-6-5-13(2)11-17(16)22-3/h5-6,8,10-11,15H,4,7,9,12H2,1-3H3. The van der Waals surface area contributed by atoms with Crippen molar-refractivity contribution in [2.45, 2.75) is 32.7 Å². The zero-order valence-corrected chi connectivity index (χ0v) is 15.2. The van der Waals surface area contributed by atoms with Crippen molar-refractivity contribution >= 4 is 17.2 Å². The van der Waals surface area contributed by atoms with E-state index in [1.54, 1.807) is 18.4 Å². The van der Waals surface area contributed by atoms with Crippen LogP contribution in [0.25, 0.3) is 0 Å². The smallest absolute Gasteiger partial charge is 0.261 e. The van der Waals surface area contributed by atoms with E-state index in [9.17, 15) is 4.79 Å². The second kappa shape index (κ2) is 7.26. The monoisotopic (exact) mass is 345 g/mol. The average molecular weight is 345 g/mol. The fourth-order valence-electron chi connectivity index (χ4n) is 3.25. The van der Waals surface area contributed by atoms with Crippen LogP contribution >= 0.6 is 11.3 Å². The highest BCUT2D eigenvalue weighted by Crippen LogP contribution is 2.35. The van der Waals surface area contributed by atoms with Crippen LogP contribution in [0.2, 0.25) is 0 Å². The van der Waals surface area contributed by atoms with Gasteiger partial charge in [0.1, 0.15) is 0 Å². The maximum atomic E-state index is 12.7. The summed E-state index contributed by atoms with van der Waals surface area (Å²) in [5.41, 5.74) is 2.40. The highest BCUT2D eigenvalue weighted by atomic mass is 32.1. The molecule has 128 valence electrons. The van der Waals surface area contributed by atoms with Crippen LogP contribution in [0.5, 0.6) is 11.5 Å². The van der Waals surface area contributed by atoms with Crippen molar-refractivity contribution in [2.75, 3.05) is 20.3 Å². The van der Waals surface area contributed by atoms with Crippen molar-refractivity contribution in [1.82, 2.24) is 4.90 Å². The van der Waals surface area contributed by atoms with Gasteiger partial charge in [-0.25, -0.2) is 0 Å². The van der Waals surface area contributed by atoms with Crippen LogP contribution in [0.4, 0.5) is 0 Å². The van der Waals surface area contributed by atoms with Crippen LogP contribution in [-0.4, -0.2) is 31.1 Å². The summed E-state index contributed by atoms with van der Waals surface area (Å²) >= 11 is 1.79. The first-order valence-electron chi connectivity index (χ1n) is 8.27. The summed E-state index contributed by atoms with van der Waals surface area (Å²) in [5, 5.41) is 2.12. The lowest BCUT2D eigenvalue weighted by Gasteiger charge is -2.35. The van der Waals surface area contributed by atoms with E-state index in [0.717, 1.165) is 24.9 Å². The van der Waals surface area contributed by atoms with E-state index in [0.29, 0.717) is 11.5 Å². The van der Waals surface area contributed by atoms with Crippen LogP contribution in [-0.2, 0) is 11.2 Å². The summed E-state index contributed by atoms with van der Waals surface area (Å²) < 4.78 is 11.1. The first kappa shape index (κ1) is 16.8. The molecule has 2 aromatic rings. The summed E-state index contributed by atoms with van der Waals surface area (Å²) in [5.74, 6) is 1.30. The molecule has 1 unspecified atom stereocenters. The van der Waals surface area contributed by atoms with E-state index in [4.69, 9.17) is 9.47 Å². The highest BCUT2D eigenvalue weighted by Gasteiger charge is 2.30. The largest absolute Gasteiger partial charge is 0.493 e. The molecule has 5 heteroatoms. The number of ether oxygens (including phenoxy) is 2. The summed E-state index contributed by atoms with van der Waals surface area (Å²) in [6, 6.07) is 8.03. The van der Waals surface area contributed by atoms with E-state index in [-0.39, 0.29) is 18.6 Å². The van der Waals surface area contributed by atoms with Gasteiger partial charge in [-0.1, -0.05) is 13.0 Å². The van der Waals surface area contributed by atoms with E-state index in [1.807, 2.05) is 30.0 Å². The molecule has 4 nitrogen and oxygen atoms in total. The van der Waals surface area contributed by atoms with Crippen molar-refractivity contribution in [3.05, 3.63) is 45.6 Å². The fourth-order valence-corrected chi connectivity index (χ4v) is 4.18. The number of aryl methyl sites for hydroxylation is 1. The second-order valence-electron chi connectivity index (χ2n) is 6.00. The van der Waals surface area contributed by atoms with Crippen LogP contribution in [0.3, 0.4) is 0 Å². The Morgan fingerprint density at radius 2 is 2.17 bits per heavy atom. The molecule has 3 rings (SSSR count). The predicted molar refractivity (Wildman–Crippen MR) is 96.0 cm³/mol. The van der Waals surface area contributed by atoms with Gasteiger partial charge in [-0.05, 0) is 54.5 Å². The van der Waals surface area contributed by atoms with Crippen LogP contribution in [0.1, 0.15) is 35.4 Å². The van der Waals surface area contributed by atoms with Crippen LogP contribution in [0.15, 0.2) is 29.6 Å². The first-order chi connectivity index (χ1) is 11.6. The molecule has 0 spiro atoms. The quantitative estimate of drug-likeness (QED) is 0.823. The molecular weight excluding hydrogens is 322 g/mol. The van der Waals surface area contributed by atoms with Crippen LogP contribution < -0.4 is 9.47 Å². The Balaban J connectivity index is 1.69. The molecule has 2 heterocycles. The van der Waals surface area contributed by atoms with E-state index < -0.39 is 0 Å². The molecule has 0 saturated carbocycles. The number of hydrogen-bond donors (Lipinski definition) is 0. The number of benzene rings is 1. The number of nitrogens with zero attached hydrogens (tertiary/aromatic N) is 1. The minimum atomic E-state index is 0.0290. The minimum Gasteiger partial charge on any atom is -0.493 e. The Morgan fingerprint density at radius 3 is 2.92 bits per heavy atom. The number of carbonyl (C=O) groups excluding carboxylic acids is 1. The molecule has 1 amide bonds. The molecular formula is C19H23NO3S. The number of carbonyl (C=O) groups is 1. The number of fused-ring (bicyclic) bond motifs is 1. The van der Waals surface area contributed by atoms with E-state index >= 15 is 0 Å². The van der Waals surface area contributed by atoms with E-state index in [1.165, 1.54) is 10.4 Å². The lowest BCUT2D eigenvalue weighted by atomic mass is 9.98. The highest BCUT2D eigenvalue weighted by molar-refractivity contribution is 7.10. The number of thiophene rings is 1. The van der Waals surface area contributed by atoms with Gasteiger partial charge in [0, 0.05) is 11.4 Å². The van der Waals surface area contributed by atoms with Gasteiger partial charge in [0.15, 0.2) is 18.1 Å². The average Bonchev–Trinajstić information content (AvgIpc) is 3.08. The molecule has 0 saturated heterocycles. The van der Waals surface area contributed by atoms with E-state index in [2.05, 4.69) is 18.4 Å². The third-order valence-corrected chi connectivity index (χ3v) is 5.47. The van der Waals surface area contributed by atoms with Gasteiger partial charge in [-0.2, -0.15) is 0 Å². The Bertz CT molecular complexity index is 725. The SMILES string of the molecule is CCC1c2ccsc2CCN1C(=O)COc1ccc(C)cc1OC. The summed E-state index contributed by atoms with van der Waals surface area (Å²) in [4.78, 5) is 16.1. The zero-order chi connectivity index (χ0) is 17.1. The van der Waals surface area contributed by atoms with Gasteiger partial charge in [0.2, 0.25) is 0 Å². The first-order valence-corrected chi connectivity index (χ1v) is 9.15. The zero-order valence-electron chi connectivity index (χ0n) is 14.4. The second-order valence-corrected chi connectivity index (χ2v) is 7.00. The molecule has 24 heavy (non-hydrogen) atoms. The summed E-state index contributed by atoms with van der Waals surface area (Å²) in [7, 11) is 1.61. The fraction of sp³-hybridized carbons (Fsp3) is 0.421. The molecule has 0 bridgehead atoms. The van der Waals surface area contributed by atoms with Gasteiger partial charge in [-0.3, -0.25) is 4.79 Å². The van der Waals surface area contributed by atoms with Gasteiger partial charge in [0.25, 0.3) is 5.91 Å². The minimum absolute atomic E-state index is 0.0290. The Morgan fingerprint density at radius 1 is 1.33 bits per heavy atom. The van der Waals surface area contributed by atoms with Gasteiger partial charge < -0.3 is 14.4 Å². The Labute approximate surface area is 147 Å². The van der Waals surface area contributed by atoms with Crippen LogP contribution in [0, 0.1) is 6.92 Å². The third kappa shape index (κ3) is 3.26. The topological polar surface area (TPSA) is 38.8 Å². The lowest BCUT2D eigenvalue weighted by Crippen LogP contribution is -2.41. The molecule has 1 aromatic carbocycles. The normalized spacial score (nSPS) is 16.6. The Hall–Kier alpha value is -2.01. The molecule has 0 N–H and O–H groups in total. The molecule has 1 aromatic heterocycles. The predicted octanol–water partition coefficient (Wildman–Crippen LogP) is 3.98. The van der Waals surface area contributed by atoms with Crippen molar-refractivity contribution in [3.8, 4) is 11.5 Å². The summed E-state index contributed by atoms with van der Waals surface area (Å²) in [6.45, 7) is 4.92. The number of amides is 1. The third-order valence-electron chi connectivity index (χ3n) is 4.47. The van der Waals surface area contributed by atoms with Gasteiger partial charge >= 0.3 is 0 Å². The molecule has 1 atom stereocenters. The van der Waals surface area contributed by atoms with Crippen molar-refractivity contribution in [1.29, 1.82) is 0 Å². The van der Waals surface area contributed by atoms with Crippen molar-refractivity contribution in [3.63, 3.8) is 0 Å². The molecule has 0 fully saturated rings. The maximum Gasteiger partial charge on any atom is 0.261 e. The summed E-state index contributed by atoms with van der Waals surface area (Å²) in [6.07, 6.45) is 1.85. The lowest BCUT2D eigenvalue weighted by molar-refractivity contribution is -0.136. The number of methoxy groups -OCH3 is 1. The number of hydrogen-bond acceptors (Lipinski definition) is 4. The van der Waals surface area contributed by atoms with Crippen molar-refractivity contribution in [2.24, 2.45) is 0 Å². The number of rotatable bonds is 5.